The van der Waals surface area contributed by atoms with E-state index in [1.807, 2.05) is 54.6 Å². The molecule has 0 spiro atoms. The summed E-state index contributed by atoms with van der Waals surface area (Å²) in [6, 6.07) is 16.9. The largest absolute Gasteiger partial charge is 0.493 e. The van der Waals surface area contributed by atoms with Crippen molar-refractivity contribution in [3.8, 4) is 5.75 Å². The van der Waals surface area contributed by atoms with Gasteiger partial charge >= 0.3 is 0 Å². The summed E-state index contributed by atoms with van der Waals surface area (Å²) in [5.41, 5.74) is 8.29. The first kappa shape index (κ1) is 23.9. The Morgan fingerprint density at radius 2 is 1.71 bits per heavy atom. The predicted molar refractivity (Wildman–Crippen MR) is 128 cm³/mol. The summed E-state index contributed by atoms with van der Waals surface area (Å²) >= 11 is 0. The van der Waals surface area contributed by atoms with E-state index in [1.54, 1.807) is 0 Å². The van der Waals surface area contributed by atoms with Gasteiger partial charge in [-0.1, -0.05) is 61.9 Å². The first-order valence-corrected chi connectivity index (χ1v) is 12.0. The average molecular weight is 465 g/mol. The molecule has 2 aromatic rings. The molecule has 2 heterocycles. The average Bonchev–Trinajstić information content (AvgIpc) is 3.34. The predicted octanol–water partition coefficient (Wildman–Crippen LogP) is 2.21. The second-order valence-corrected chi connectivity index (χ2v) is 8.74. The molecule has 2 aromatic carbocycles. The van der Waals surface area contributed by atoms with Crippen molar-refractivity contribution >= 4 is 17.7 Å². The summed E-state index contributed by atoms with van der Waals surface area (Å²) in [6.45, 7) is 2.92. The number of rotatable bonds is 9. The molecular weight excluding hydrogens is 432 g/mol. The number of para-hydroxylation sites is 1. The third-order valence-electron chi connectivity index (χ3n) is 6.28. The molecule has 0 aromatic heterocycles. The van der Waals surface area contributed by atoms with Crippen molar-refractivity contribution in [3.63, 3.8) is 0 Å². The van der Waals surface area contributed by atoms with Crippen LogP contribution in [0.15, 0.2) is 54.6 Å². The molecule has 2 unspecified atom stereocenters. The van der Waals surface area contributed by atoms with Crippen LogP contribution in [0.2, 0.25) is 0 Å². The Kier molecular flexibility index (Phi) is 7.92. The molecule has 2 saturated heterocycles. The van der Waals surface area contributed by atoms with Gasteiger partial charge in [-0.3, -0.25) is 19.3 Å². The summed E-state index contributed by atoms with van der Waals surface area (Å²) in [5, 5.41) is 0. The highest BCUT2D eigenvalue weighted by Gasteiger charge is 2.39. The first-order chi connectivity index (χ1) is 16.6. The minimum atomic E-state index is -0.523. The lowest BCUT2D eigenvalue weighted by molar-refractivity contribution is -0.157. The summed E-state index contributed by atoms with van der Waals surface area (Å²) < 4.78 is 5.94. The third-order valence-corrected chi connectivity index (χ3v) is 6.28. The molecule has 3 amide bonds. The molecule has 0 bridgehead atoms. The summed E-state index contributed by atoms with van der Waals surface area (Å²) in [4.78, 5) is 41.1. The first-order valence-electron chi connectivity index (χ1n) is 12.0. The number of carbonyl (C=O) groups is 3. The van der Waals surface area contributed by atoms with E-state index in [-0.39, 0.29) is 36.9 Å². The molecule has 0 saturated carbocycles. The highest BCUT2D eigenvalue weighted by molar-refractivity contribution is 6.03. The topological polar surface area (TPSA) is 91.0 Å². The molecule has 2 atom stereocenters. The monoisotopic (exact) mass is 464 g/mol. The fourth-order valence-corrected chi connectivity index (χ4v) is 4.35. The standard InChI is InChI=1S/C26H32N4O4/c1-2-3-15-34-23-12-8-7-11-20(23)21-16-22(28-27-21)26(33)29-17-24(31)30(25(32)18-29)14-13-19-9-5-4-6-10-19/h4-12,21-22,27-28H,2-3,13-18H2,1H3. The smallest absolute Gasteiger partial charge is 0.248 e. The molecule has 8 heteroatoms. The van der Waals surface area contributed by atoms with Crippen LogP contribution in [0.25, 0.3) is 0 Å². The van der Waals surface area contributed by atoms with E-state index in [4.69, 9.17) is 4.74 Å². The van der Waals surface area contributed by atoms with Gasteiger partial charge in [0.2, 0.25) is 17.7 Å². The van der Waals surface area contributed by atoms with Crippen molar-refractivity contribution in [3.05, 3.63) is 65.7 Å². The van der Waals surface area contributed by atoms with E-state index >= 15 is 0 Å². The Hall–Kier alpha value is -3.23. The van der Waals surface area contributed by atoms with Crippen LogP contribution in [0.3, 0.4) is 0 Å². The quantitative estimate of drug-likeness (QED) is 0.437. The van der Waals surface area contributed by atoms with Gasteiger partial charge in [-0.15, -0.1) is 0 Å². The van der Waals surface area contributed by atoms with Crippen LogP contribution < -0.4 is 15.6 Å². The zero-order valence-corrected chi connectivity index (χ0v) is 19.5. The zero-order valence-electron chi connectivity index (χ0n) is 19.5. The summed E-state index contributed by atoms with van der Waals surface area (Å²) in [7, 11) is 0. The molecule has 180 valence electrons. The summed E-state index contributed by atoms with van der Waals surface area (Å²) in [6.07, 6.45) is 3.13. The van der Waals surface area contributed by atoms with E-state index < -0.39 is 6.04 Å². The molecule has 34 heavy (non-hydrogen) atoms. The SMILES string of the molecule is CCCCOc1ccccc1C1CC(C(=O)N2CC(=O)N(CCc3ccccc3)C(=O)C2)NN1. The second-order valence-electron chi connectivity index (χ2n) is 8.74. The molecule has 0 aliphatic carbocycles. The molecule has 8 nitrogen and oxygen atoms in total. The maximum absolute atomic E-state index is 13.1. The fraction of sp³-hybridized carbons (Fsp3) is 0.423. The Balaban J connectivity index is 1.33. The van der Waals surface area contributed by atoms with E-state index in [0.29, 0.717) is 26.0 Å². The highest BCUT2D eigenvalue weighted by Crippen LogP contribution is 2.31. The third kappa shape index (κ3) is 5.63. The molecule has 2 aliphatic rings. The van der Waals surface area contributed by atoms with Crippen molar-refractivity contribution in [1.82, 2.24) is 20.7 Å². The lowest BCUT2D eigenvalue weighted by Gasteiger charge is -2.33. The van der Waals surface area contributed by atoms with Gasteiger partial charge < -0.3 is 9.64 Å². The molecule has 2 fully saturated rings. The minimum absolute atomic E-state index is 0.0844. The number of ether oxygens (including phenoxy) is 1. The Labute approximate surface area is 200 Å². The van der Waals surface area contributed by atoms with Crippen LogP contribution in [0.1, 0.15) is 43.4 Å². The zero-order chi connectivity index (χ0) is 23.9. The maximum Gasteiger partial charge on any atom is 0.248 e. The highest BCUT2D eigenvalue weighted by atomic mass is 16.5. The van der Waals surface area contributed by atoms with Crippen molar-refractivity contribution in [1.29, 1.82) is 0 Å². The van der Waals surface area contributed by atoms with Crippen LogP contribution >= 0.6 is 0 Å². The van der Waals surface area contributed by atoms with Crippen LogP contribution in [0.4, 0.5) is 0 Å². The number of nitrogens with one attached hydrogen (secondary N) is 2. The van der Waals surface area contributed by atoms with Crippen LogP contribution in [-0.4, -0.2) is 59.8 Å². The normalized spacial score (nSPS) is 20.6. The number of amides is 3. The van der Waals surface area contributed by atoms with Gasteiger partial charge in [-0.2, -0.15) is 0 Å². The Morgan fingerprint density at radius 3 is 2.44 bits per heavy atom. The molecule has 2 aliphatic heterocycles. The van der Waals surface area contributed by atoms with E-state index in [0.717, 1.165) is 29.7 Å². The second kappa shape index (κ2) is 11.3. The number of hydrogen-bond acceptors (Lipinski definition) is 6. The number of imide groups is 1. The molecule has 0 radical (unpaired) electrons. The van der Waals surface area contributed by atoms with Crippen LogP contribution in [-0.2, 0) is 20.8 Å². The maximum atomic E-state index is 13.1. The van der Waals surface area contributed by atoms with E-state index in [9.17, 15) is 14.4 Å². The van der Waals surface area contributed by atoms with Gasteiger partial charge in [0.25, 0.3) is 0 Å². The van der Waals surface area contributed by atoms with Gasteiger partial charge in [0.05, 0.1) is 12.6 Å². The number of nitrogens with zero attached hydrogens (tertiary/aromatic N) is 2. The lowest BCUT2D eigenvalue weighted by Crippen LogP contribution is -2.58. The van der Waals surface area contributed by atoms with E-state index in [1.165, 1.54) is 9.80 Å². The molecule has 4 rings (SSSR count). The number of piperazine rings is 1. The van der Waals surface area contributed by atoms with Gasteiger partial charge in [0.15, 0.2) is 0 Å². The van der Waals surface area contributed by atoms with Crippen molar-refractivity contribution in [2.75, 3.05) is 26.2 Å². The number of hydrogen-bond donors (Lipinski definition) is 2. The van der Waals surface area contributed by atoms with Crippen LogP contribution in [0.5, 0.6) is 5.75 Å². The number of hydrazine groups is 1. The van der Waals surface area contributed by atoms with Crippen molar-refractivity contribution in [2.45, 2.75) is 44.7 Å². The van der Waals surface area contributed by atoms with Gasteiger partial charge in [-0.05, 0) is 30.9 Å². The Bertz CT molecular complexity index is 995. The minimum Gasteiger partial charge on any atom is -0.493 e. The van der Waals surface area contributed by atoms with Crippen molar-refractivity contribution in [2.24, 2.45) is 0 Å². The van der Waals surface area contributed by atoms with Gasteiger partial charge in [0.1, 0.15) is 24.9 Å². The fourth-order valence-electron chi connectivity index (χ4n) is 4.35. The summed E-state index contributed by atoms with van der Waals surface area (Å²) in [5.74, 6) is -0.111. The number of unbranched alkanes of at least 4 members (excludes halogenated alkanes) is 1. The van der Waals surface area contributed by atoms with Gasteiger partial charge in [-0.25, -0.2) is 10.9 Å². The molecule has 2 N–H and O–H groups in total. The van der Waals surface area contributed by atoms with E-state index in [2.05, 4.69) is 17.8 Å². The van der Waals surface area contributed by atoms with Crippen LogP contribution in [0, 0.1) is 0 Å². The number of benzene rings is 2. The molecular formula is C26H32N4O4. The Morgan fingerprint density at radius 1 is 1.00 bits per heavy atom. The van der Waals surface area contributed by atoms with Gasteiger partial charge in [0, 0.05) is 12.1 Å². The lowest BCUT2D eigenvalue weighted by atomic mass is 10.00. The number of carbonyl (C=O) groups excluding carboxylic acids is 3. The van der Waals surface area contributed by atoms with Crippen molar-refractivity contribution < 1.29 is 19.1 Å².